The van der Waals surface area contributed by atoms with Crippen LogP contribution in [-0.4, -0.2) is 40.5 Å². The Morgan fingerprint density at radius 3 is 2.82 bits per heavy atom. The summed E-state index contributed by atoms with van der Waals surface area (Å²) >= 11 is 8.07. The van der Waals surface area contributed by atoms with Crippen LogP contribution >= 0.6 is 22.9 Å². The average molecular weight is 416 g/mol. The molecule has 0 aromatic carbocycles. The number of halogens is 1. The molecule has 5 rings (SSSR count). The number of nitrogens with zero attached hydrogens (tertiary/aromatic N) is 4. The number of hydrogen-bond donors (Lipinski definition) is 1. The van der Waals surface area contributed by atoms with Crippen molar-refractivity contribution in [2.45, 2.75) is 45.1 Å². The molecule has 28 heavy (non-hydrogen) atoms. The van der Waals surface area contributed by atoms with Crippen molar-refractivity contribution in [3.05, 3.63) is 34.6 Å². The Bertz CT molecular complexity index is 1000. The van der Waals surface area contributed by atoms with Crippen molar-refractivity contribution in [3.8, 4) is 10.4 Å². The monoisotopic (exact) mass is 415 g/mol. The predicted octanol–water partition coefficient (Wildman–Crippen LogP) is 4.78. The molecule has 2 aliphatic rings. The summed E-state index contributed by atoms with van der Waals surface area (Å²) < 4.78 is 2.14. The molecular weight excluding hydrogens is 390 g/mol. The molecule has 1 saturated carbocycles. The third-order valence-corrected chi connectivity index (χ3v) is 8.21. The minimum atomic E-state index is 0.471. The number of thiophene rings is 1. The van der Waals surface area contributed by atoms with Crippen molar-refractivity contribution in [2.24, 2.45) is 5.41 Å². The molecule has 1 N–H and O–H groups in total. The second-order valence-corrected chi connectivity index (χ2v) is 9.50. The Hall–Kier alpha value is -1.63. The van der Waals surface area contributed by atoms with E-state index >= 15 is 0 Å². The first-order valence-electron chi connectivity index (χ1n) is 10.1. The maximum Gasteiger partial charge on any atom is 0.211 e. The molecule has 3 aromatic heterocycles. The Balaban J connectivity index is 1.50. The zero-order valence-corrected chi connectivity index (χ0v) is 18.0. The molecule has 1 spiro atoms. The standard InChI is InChI=1S/C21H26ClN5S/c1-14-17(18-15(22)5-13-28-18)19-24-9-12-27(19)20(25-14)26-10-7-21(8-11-26)6-3-4-16(21)23-2/h5,9,12-13,16,23H,3-4,6-8,10-11H2,1-2H3/t16-/m1/s1. The van der Waals surface area contributed by atoms with Gasteiger partial charge in [-0.1, -0.05) is 18.0 Å². The second kappa shape index (κ2) is 7.01. The maximum atomic E-state index is 6.43. The molecule has 148 valence electrons. The van der Waals surface area contributed by atoms with E-state index < -0.39 is 0 Å². The highest BCUT2D eigenvalue weighted by molar-refractivity contribution is 7.14. The third kappa shape index (κ3) is 2.77. The first-order chi connectivity index (χ1) is 13.6. The van der Waals surface area contributed by atoms with Gasteiger partial charge in [0.1, 0.15) is 5.65 Å². The minimum absolute atomic E-state index is 0.471. The average Bonchev–Trinajstić information content (AvgIpc) is 3.43. The summed E-state index contributed by atoms with van der Waals surface area (Å²) in [7, 11) is 2.12. The normalized spacial score (nSPS) is 21.8. The summed E-state index contributed by atoms with van der Waals surface area (Å²) in [5.74, 6) is 1.01. The quantitative estimate of drug-likeness (QED) is 0.668. The van der Waals surface area contributed by atoms with Gasteiger partial charge in [-0.25, -0.2) is 9.97 Å². The molecule has 3 aromatic rings. The molecule has 2 fully saturated rings. The van der Waals surface area contributed by atoms with Crippen LogP contribution in [0.15, 0.2) is 23.8 Å². The molecule has 0 radical (unpaired) electrons. The van der Waals surface area contributed by atoms with Gasteiger partial charge in [0.05, 0.1) is 21.2 Å². The van der Waals surface area contributed by atoms with Gasteiger partial charge >= 0.3 is 0 Å². The van der Waals surface area contributed by atoms with Crippen molar-refractivity contribution in [3.63, 3.8) is 0 Å². The lowest BCUT2D eigenvalue weighted by Crippen LogP contribution is -2.48. The van der Waals surface area contributed by atoms with Crippen LogP contribution < -0.4 is 10.2 Å². The van der Waals surface area contributed by atoms with E-state index in [1.807, 2.05) is 23.8 Å². The Labute approximate surface area is 174 Å². The molecular formula is C21H26ClN5S. The van der Waals surface area contributed by atoms with E-state index in [1.165, 1.54) is 32.1 Å². The lowest BCUT2D eigenvalue weighted by atomic mass is 9.74. The summed E-state index contributed by atoms with van der Waals surface area (Å²) in [6, 6.07) is 2.61. The number of anilines is 1. The molecule has 0 bridgehead atoms. The van der Waals surface area contributed by atoms with Gasteiger partial charge in [-0.15, -0.1) is 11.3 Å². The fourth-order valence-electron chi connectivity index (χ4n) is 5.37. The highest BCUT2D eigenvalue weighted by Crippen LogP contribution is 2.47. The van der Waals surface area contributed by atoms with Crippen LogP contribution in [0.25, 0.3) is 16.1 Å². The number of nitrogens with one attached hydrogen (secondary N) is 1. The van der Waals surface area contributed by atoms with Crippen molar-refractivity contribution in [1.82, 2.24) is 19.7 Å². The molecule has 0 unspecified atom stereocenters. The first kappa shape index (κ1) is 18.4. The van der Waals surface area contributed by atoms with Gasteiger partial charge in [0.25, 0.3) is 0 Å². The van der Waals surface area contributed by atoms with Crippen molar-refractivity contribution < 1.29 is 0 Å². The van der Waals surface area contributed by atoms with Gasteiger partial charge in [-0.05, 0) is 56.5 Å². The molecule has 1 aliphatic carbocycles. The smallest absolute Gasteiger partial charge is 0.211 e. The number of fused-ring (bicyclic) bond motifs is 1. The molecule has 5 nitrogen and oxygen atoms in total. The van der Waals surface area contributed by atoms with E-state index in [0.717, 1.165) is 45.8 Å². The molecule has 7 heteroatoms. The predicted molar refractivity (Wildman–Crippen MR) is 117 cm³/mol. The Morgan fingerprint density at radius 1 is 1.29 bits per heavy atom. The zero-order chi connectivity index (χ0) is 19.3. The third-order valence-electron chi connectivity index (χ3n) is 6.85. The zero-order valence-electron chi connectivity index (χ0n) is 16.4. The van der Waals surface area contributed by atoms with Gasteiger partial charge in [-0.2, -0.15) is 0 Å². The van der Waals surface area contributed by atoms with Crippen LogP contribution in [0.2, 0.25) is 5.02 Å². The highest BCUT2D eigenvalue weighted by atomic mass is 35.5. The first-order valence-corrected chi connectivity index (χ1v) is 11.4. The summed E-state index contributed by atoms with van der Waals surface area (Å²) in [5, 5.41) is 6.37. The number of imidazole rings is 1. The summed E-state index contributed by atoms with van der Waals surface area (Å²) in [5.41, 5.74) is 3.46. The van der Waals surface area contributed by atoms with E-state index in [2.05, 4.69) is 33.6 Å². The molecule has 1 saturated heterocycles. The van der Waals surface area contributed by atoms with Crippen LogP contribution in [-0.2, 0) is 0 Å². The molecule has 4 heterocycles. The lowest BCUT2D eigenvalue weighted by molar-refractivity contribution is 0.177. The van der Waals surface area contributed by atoms with E-state index in [0.29, 0.717) is 11.5 Å². The van der Waals surface area contributed by atoms with E-state index in [-0.39, 0.29) is 0 Å². The summed E-state index contributed by atoms with van der Waals surface area (Å²) in [6.07, 6.45) is 10.4. The van der Waals surface area contributed by atoms with Gasteiger partial charge in [0.15, 0.2) is 0 Å². The minimum Gasteiger partial charge on any atom is -0.342 e. The van der Waals surface area contributed by atoms with Crippen molar-refractivity contribution in [2.75, 3.05) is 25.0 Å². The largest absolute Gasteiger partial charge is 0.342 e. The SMILES string of the molecule is CN[C@@H]1CCCC12CCN(c1nc(C)c(-c3sccc3Cl)c3nccn13)CC2. The van der Waals surface area contributed by atoms with Gasteiger partial charge in [-0.3, -0.25) is 4.40 Å². The van der Waals surface area contributed by atoms with E-state index in [4.69, 9.17) is 16.6 Å². The Kier molecular flexibility index (Phi) is 4.61. The Morgan fingerprint density at radius 2 is 2.11 bits per heavy atom. The van der Waals surface area contributed by atoms with Crippen LogP contribution in [0, 0.1) is 12.3 Å². The summed E-state index contributed by atoms with van der Waals surface area (Å²) in [4.78, 5) is 13.2. The number of aryl methyl sites for hydroxylation is 1. The molecule has 1 atom stereocenters. The van der Waals surface area contributed by atoms with E-state index in [9.17, 15) is 0 Å². The molecule has 0 amide bonds. The van der Waals surface area contributed by atoms with E-state index in [1.54, 1.807) is 11.3 Å². The van der Waals surface area contributed by atoms with Gasteiger partial charge in [0, 0.05) is 31.5 Å². The van der Waals surface area contributed by atoms with Crippen LogP contribution in [0.4, 0.5) is 5.95 Å². The maximum absolute atomic E-state index is 6.43. The lowest BCUT2D eigenvalue weighted by Gasteiger charge is -2.43. The van der Waals surface area contributed by atoms with Crippen LogP contribution in [0.1, 0.15) is 37.8 Å². The fraction of sp³-hybridized carbons (Fsp3) is 0.524. The summed E-state index contributed by atoms with van der Waals surface area (Å²) in [6.45, 7) is 4.18. The number of hydrogen-bond acceptors (Lipinski definition) is 5. The van der Waals surface area contributed by atoms with Crippen LogP contribution in [0.5, 0.6) is 0 Å². The van der Waals surface area contributed by atoms with Crippen molar-refractivity contribution >= 4 is 34.5 Å². The number of aromatic nitrogens is 3. The topological polar surface area (TPSA) is 45.5 Å². The fourth-order valence-corrected chi connectivity index (χ4v) is 6.62. The molecule has 1 aliphatic heterocycles. The highest BCUT2D eigenvalue weighted by Gasteiger charge is 2.44. The number of rotatable bonds is 3. The second-order valence-electron chi connectivity index (χ2n) is 8.17. The number of piperidine rings is 1. The van der Waals surface area contributed by atoms with Crippen LogP contribution in [0.3, 0.4) is 0 Å². The van der Waals surface area contributed by atoms with Gasteiger partial charge < -0.3 is 10.2 Å². The van der Waals surface area contributed by atoms with Crippen molar-refractivity contribution in [1.29, 1.82) is 0 Å². The van der Waals surface area contributed by atoms with Gasteiger partial charge in [0.2, 0.25) is 5.95 Å².